The Morgan fingerprint density at radius 2 is 1.79 bits per heavy atom. The Bertz CT molecular complexity index is 954. The predicted molar refractivity (Wildman–Crippen MR) is 92.7 cm³/mol. The summed E-state index contributed by atoms with van der Waals surface area (Å²) in [4.78, 5) is 21.2. The Balaban J connectivity index is 2.04. The third kappa shape index (κ3) is 4.63. The van der Waals surface area contributed by atoms with E-state index in [1.165, 1.54) is 4.90 Å². The van der Waals surface area contributed by atoms with Crippen LogP contribution >= 0.6 is 0 Å². The molecular formula is C19H18F5N3O2. The van der Waals surface area contributed by atoms with Crippen molar-refractivity contribution in [2.24, 2.45) is 0 Å². The topological polar surface area (TPSA) is 55.3 Å². The fourth-order valence-electron chi connectivity index (χ4n) is 2.91. The first-order chi connectivity index (χ1) is 13.3. The minimum atomic E-state index is -4.77. The van der Waals surface area contributed by atoms with Crippen LogP contribution in [-0.4, -0.2) is 33.1 Å². The highest BCUT2D eigenvalue weighted by molar-refractivity contribution is 5.68. The Morgan fingerprint density at radius 3 is 2.38 bits per heavy atom. The molecule has 1 aliphatic rings. The number of aromatic nitrogens is 2. The fourth-order valence-corrected chi connectivity index (χ4v) is 2.91. The number of fused-ring (bicyclic) bond motifs is 1. The first-order valence-corrected chi connectivity index (χ1v) is 8.75. The third-order valence-electron chi connectivity index (χ3n) is 4.16. The van der Waals surface area contributed by atoms with Gasteiger partial charge >= 0.3 is 12.3 Å². The summed E-state index contributed by atoms with van der Waals surface area (Å²) in [5.74, 6) is -2.77. The van der Waals surface area contributed by atoms with Crippen LogP contribution in [0.3, 0.4) is 0 Å². The van der Waals surface area contributed by atoms with Gasteiger partial charge in [0.15, 0.2) is 23.2 Å². The molecule has 2 aromatic rings. The average Bonchev–Trinajstić information content (AvgIpc) is 2.60. The molecule has 10 heteroatoms. The summed E-state index contributed by atoms with van der Waals surface area (Å²) < 4.78 is 72.7. The number of hydrogen-bond donors (Lipinski definition) is 0. The van der Waals surface area contributed by atoms with Crippen LogP contribution in [0.25, 0.3) is 11.4 Å². The number of carbonyl (C=O) groups excluding carboxylic acids is 1. The van der Waals surface area contributed by atoms with Crippen molar-refractivity contribution in [3.8, 4) is 11.4 Å². The molecule has 0 fully saturated rings. The molecule has 1 aromatic carbocycles. The quantitative estimate of drug-likeness (QED) is 0.632. The molecular weight excluding hydrogens is 397 g/mol. The van der Waals surface area contributed by atoms with Crippen molar-refractivity contribution in [3.63, 3.8) is 0 Å². The lowest BCUT2D eigenvalue weighted by Crippen LogP contribution is -2.41. The van der Waals surface area contributed by atoms with Gasteiger partial charge in [-0.3, -0.25) is 0 Å². The van der Waals surface area contributed by atoms with Gasteiger partial charge in [-0.25, -0.2) is 23.5 Å². The number of carbonyl (C=O) groups is 1. The molecule has 0 unspecified atom stereocenters. The van der Waals surface area contributed by atoms with Gasteiger partial charge < -0.3 is 9.64 Å². The molecule has 1 aromatic heterocycles. The van der Waals surface area contributed by atoms with Crippen LogP contribution in [-0.2, 0) is 23.9 Å². The molecule has 29 heavy (non-hydrogen) atoms. The van der Waals surface area contributed by atoms with Gasteiger partial charge in [-0.15, -0.1) is 0 Å². The second-order valence-electron chi connectivity index (χ2n) is 7.60. The van der Waals surface area contributed by atoms with Crippen molar-refractivity contribution in [1.29, 1.82) is 0 Å². The third-order valence-corrected chi connectivity index (χ3v) is 4.16. The van der Waals surface area contributed by atoms with Crippen molar-refractivity contribution in [3.05, 3.63) is 46.8 Å². The maximum atomic E-state index is 13.6. The molecule has 2 heterocycles. The first kappa shape index (κ1) is 20.9. The van der Waals surface area contributed by atoms with Gasteiger partial charge in [0, 0.05) is 17.7 Å². The van der Waals surface area contributed by atoms with Crippen LogP contribution in [0.2, 0.25) is 0 Å². The zero-order valence-electron chi connectivity index (χ0n) is 15.9. The molecule has 1 amide bonds. The number of halogens is 5. The summed E-state index contributed by atoms with van der Waals surface area (Å²) >= 11 is 0. The van der Waals surface area contributed by atoms with Gasteiger partial charge in [-0.05, 0) is 45.4 Å². The van der Waals surface area contributed by atoms with Gasteiger partial charge in [0.1, 0.15) is 5.60 Å². The number of nitrogens with zero attached hydrogens (tertiary/aromatic N) is 3. The van der Waals surface area contributed by atoms with Gasteiger partial charge in [0.25, 0.3) is 0 Å². The molecule has 3 rings (SSSR count). The molecule has 156 valence electrons. The SMILES string of the molecule is CC(C)(C)OC(=O)N1CCc2c(nc(-c3ccc(F)c(F)c3)nc2C(F)(F)F)C1. The smallest absolute Gasteiger partial charge is 0.433 e. The molecule has 5 nitrogen and oxygen atoms in total. The lowest BCUT2D eigenvalue weighted by Gasteiger charge is -2.31. The summed E-state index contributed by atoms with van der Waals surface area (Å²) in [5, 5.41) is 0. The van der Waals surface area contributed by atoms with E-state index >= 15 is 0 Å². The van der Waals surface area contributed by atoms with Crippen LogP contribution in [0, 0.1) is 11.6 Å². The largest absolute Gasteiger partial charge is 0.444 e. The van der Waals surface area contributed by atoms with Crippen LogP contribution < -0.4 is 0 Å². The van der Waals surface area contributed by atoms with E-state index in [-0.39, 0.29) is 36.3 Å². The van der Waals surface area contributed by atoms with E-state index in [1.807, 2.05) is 0 Å². The molecule has 1 aliphatic heterocycles. The van der Waals surface area contributed by atoms with Crippen LogP contribution in [0.4, 0.5) is 26.7 Å². The van der Waals surface area contributed by atoms with Gasteiger partial charge in [0.2, 0.25) is 0 Å². The fraction of sp³-hybridized carbons (Fsp3) is 0.421. The maximum absolute atomic E-state index is 13.6. The second-order valence-corrected chi connectivity index (χ2v) is 7.60. The minimum absolute atomic E-state index is 0.0100. The molecule has 0 saturated heterocycles. The number of benzene rings is 1. The van der Waals surface area contributed by atoms with E-state index in [4.69, 9.17) is 4.74 Å². The molecule has 0 N–H and O–H groups in total. The Labute approximate surface area is 163 Å². The van der Waals surface area contributed by atoms with Gasteiger partial charge in [-0.1, -0.05) is 0 Å². The first-order valence-electron chi connectivity index (χ1n) is 8.75. The number of amides is 1. The Hall–Kier alpha value is -2.78. The molecule has 0 saturated carbocycles. The van der Waals surface area contributed by atoms with Crippen molar-refractivity contribution in [1.82, 2.24) is 14.9 Å². The summed E-state index contributed by atoms with van der Waals surface area (Å²) in [5.41, 5.74) is -2.15. The predicted octanol–water partition coefficient (Wildman–Crippen LogP) is 4.73. The van der Waals surface area contributed by atoms with E-state index in [9.17, 15) is 26.7 Å². The van der Waals surface area contributed by atoms with E-state index in [1.54, 1.807) is 20.8 Å². The summed E-state index contributed by atoms with van der Waals surface area (Å²) in [6.45, 7) is 4.82. The van der Waals surface area contributed by atoms with Crippen LogP contribution in [0.1, 0.15) is 37.7 Å². The zero-order valence-corrected chi connectivity index (χ0v) is 15.9. The summed E-state index contributed by atoms with van der Waals surface area (Å²) in [6.07, 6.45) is -5.56. The molecule has 0 radical (unpaired) electrons. The normalized spacial score (nSPS) is 14.6. The van der Waals surface area contributed by atoms with E-state index < -0.39 is 41.0 Å². The molecule has 0 bridgehead atoms. The van der Waals surface area contributed by atoms with Crippen molar-refractivity contribution >= 4 is 6.09 Å². The number of ether oxygens (including phenoxy) is 1. The van der Waals surface area contributed by atoms with Crippen LogP contribution in [0.5, 0.6) is 0 Å². The highest BCUT2D eigenvalue weighted by Crippen LogP contribution is 2.35. The molecule has 0 aliphatic carbocycles. The monoisotopic (exact) mass is 415 g/mol. The summed E-state index contributed by atoms with van der Waals surface area (Å²) in [7, 11) is 0. The number of alkyl halides is 3. The van der Waals surface area contributed by atoms with Gasteiger partial charge in [0.05, 0.1) is 12.2 Å². The van der Waals surface area contributed by atoms with E-state index in [0.29, 0.717) is 0 Å². The molecule has 0 atom stereocenters. The number of rotatable bonds is 1. The maximum Gasteiger partial charge on any atom is 0.433 e. The van der Waals surface area contributed by atoms with Crippen molar-refractivity contribution in [2.45, 2.75) is 45.5 Å². The Kier molecular flexibility index (Phi) is 5.22. The van der Waals surface area contributed by atoms with Gasteiger partial charge in [-0.2, -0.15) is 13.2 Å². The Morgan fingerprint density at radius 1 is 1.10 bits per heavy atom. The average molecular weight is 415 g/mol. The van der Waals surface area contributed by atoms with Crippen molar-refractivity contribution < 1.29 is 31.5 Å². The highest BCUT2D eigenvalue weighted by Gasteiger charge is 2.39. The highest BCUT2D eigenvalue weighted by atomic mass is 19.4. The zero-order chi connectivity index (χ0) is 21.6. The van der Waals surface area contributed by atoms with E-state index in [0.717, 1.165) is 18.2 Å². The van der Waals surface area contributed by atoms with E-state index in [2.05, 4.69) is 9.97 Å². The minimum Gasteiger partial charge on any atom is -0.444 e. The standard InChI is InChI=1S/C19H18F5N3O2/c1-18(2,3)29-17(28)27-7-6-11-14(9-27)25-16(26-15(11)19(22,23)24)10-4-5-12(20)13(21)8-10/h4-5,8H,6-7,9H2,1-3H3. The lowest BCUT2D eigenvalue weighted by molar-refractivity contribution is -0.142. The van der Waals surface area contributed by atoms with Crippen molar-refractivity contribution in [2.75, 3.05) is 6.54 Å². The second kappa shape index (κ2) is 7.23. The summed E-state index contributed by atoms with van der Waals surface area (Å²) in [6, 6.07) is 2.61. The van der Waals surface area contributed by atoms with Crippen LogP contribution in [0.15, 0.2) is 18.2 Å². The number of hydrogen-bond acceptors (Lipinski definition) is 4. The molecule has 0 spiro atoms. The lowest BCUT2D eigenvalue weighted by atomic mass is 10.0.